The molecule has 0 atom stereocenters. The topological polar surface area (TPSA) is 37.3 Å². The molecule has 108 valence electrons. The Labute approximate surface area is 119 Å². The Morgan fingerprint density at radius 1 is 1.00 bits per heavy atom. The minimum absolute atomic E-state index is 0.139. The molecule has 0 aromatic heterocycles. The molecule has 2 aromatic rings. The van der Waals surface area contributed by atoms with E-state index in [4.69, 9.17) is 0 Å². The number of carbonyl (C=O) groups is 1. The lowest BCUT2D eigenvalue weighted by molar-refractivity contribution is -0.137. The van der Waals surface area contributed by atoms with Crippen LogP contribution < -0.4 is 0 Å². The van der Waals surface area contributed by atoms with Gasteiger partial charge in [0.1, 0.15) is 5.75 Å². The van der Waals surface area contributed by atoms with Crippen LogP contribution in [0.3, 0.4) is 0 Å². The summed E-state index contributed by atoms with van der Waals surface area (Å²) in [5.74, 6) is -0.562. The molecule has 2 rings (SSSR count). The number of para-hydroxylation sites is 1. The first kappa shape index (κ1) is 14.8. The Hall–Kier alpha value is -2.56. The van der Waals surface area contributed by atoms with E-state index in [-0.39, 0.29) is 11.3 Å². The number of halogens is 3. The maximum atomic E-state index is 12.4. The third-order valence-corrected chi connectivity index (χ3v) is 2.83. The molecular weight excluding hydrogens is 281 g/mol. The number of alkyl halides is 3. The molecule has 2 nitrogen and oxygen atoms in total. The first-order valence-electron chi connectivity index (χ1n) is 6.05. The molecule has 21 heavy (non-hydrogen) atoms. The molecule has 0 aliphatic heterocycles. The number of hydrogen-bond acceptors (Lipinski definition) is 2. The van der Waals surface area contributed by atoms with Gasteiger partial charge in [-0.05, 0) is 35.9 Å². The van der Waals surface area contributed by atoms with Gasteiger partial charge in [-0.2, -0.15) is 13.2 Å². The van der Waals surface area contributed by atoms with Gasteiger partial charge in [0.15, 0.2) is 5.78 Å². The number of allylic oxidation sites excluding steroid dienone is 1. The van der Waals surface area contributed by atoms with Crippen LogP contribution in [0.15, 0.2) is 54.6 Å². The van der Waals surface area contributed by atoms with Crippen molar-refractivity contribution in [1.29, 1.82) is 0 Å². The normalized spacial score (nSPS) is 11.8. The molecule has 0 bridgehead atoms. The maximum absolute atomic E-state index is 12.4. The van der Waals surface area contributed by atoms with E-state index in [9.17, 15) is 23.1 Å². The van der Waals surface area contributed by atoms with Crippen LogP contribution in [0.2, 0.25) is 0 Å². The molecule has 0 spiro atoms. The van der Waals surface area contributed by atoms with Gasteiger partial charge in [-0.1, -0.05) is 30.3 Å². The maximum Gasteiger partial charge on any atom is 0.416 e. The van der Waals surface area contributed by atoms with Gasteiger partial charge in [-0.3, -0.25) is 4.79 Å². The number of carbonyl (C=O) groups excluding carboxylic acids is 1. The van der Waals surface area contributed by atoms with Crippen molar-refractivity contribution in [1.82, 2.24) is 0 Å². The summed E-state index contributed by atoms with van der Waals surface area (Å²) in [7, 11) is 0. The van der Waals surface area contributed by atoms with Gasteiger partial charge in [0.2, 0.25) is 0 Å². The summed E-state index contributed by atoms with van der Waals surface area (Å²) in [5, 5.41) is 9.52. The highest BCUT2D eigenvalue weighted by molar-refractivity contribution is 6.08. The average Bonchev–Trinajstić information content (AvgIpc) is 2.45. The Morgan fingerprint density at radius 2 is 1.62 bits per heavy atom. The van der Waals surface area contributed by atoms with Gasteiger partial charge < -0.3 is 5.11 Å². The predicted octanol–water partition coefficient (Wildman–Crippen LogP) is 4.31. The smallest absolute Gasteiger partial charge is 0.416 e. The van der Waals surface area contributed by atoms with E-state index >= 15 is 0 Å². The van der Waals surface area contributed by atoms with Crippen molar-refractivity contribution < 1.29 is 23.1 Å². The Balaban J connectivity index is 2.15. The van der Waals surface area contributed by atoms with Crippen molar-refractivity contribution in [2.75, 3.05) is 0 Å². The van der Waals surface area contributed by atoms with Crippen molar-refractivity contribution in [2.24, 2.45) is 0 Å². The van der Waals surface area contributed by atoms with Crippen LogP contribution in [0.4, 0.5) is 13.2 Å². The summed E-state index contributed by atoms with van der Waals surface area (Å²) >= 11 is 0. The first-order valence-corrected chi connectivity index (χ1v) is 6.05. The number of hydrogen-bond donors (Lipinski definition) is 1. The van der Waals surface area contributed by atoms with Crippen LogP contribution in [-0.2, 0) is 6.18 Å². The van der Waals surface area contributed by atoms with Crippen LogP contribution in [0.1, 0.15) is 21.5 Å². The first-order chi connectivity index (χ1) is 9.88. The van der Waals surface area contributed by atoms with E-state index in [1.54, 1.807) is 12.1 Å². The lowest BCUT2D eigenvalue weighted by Gasteiger charge is -2.05. The largest absolute Gasteiger partial charge is 0.507 e. The van der Waals surface area contributed by atoms with Crippen LogP contribution in [-0.4, -0.2) is 10.9 Å². The second-order valence-electron chi connectivity index (χ2n) is 4.33. The van der Waals surface area contributed by atoms with Crippen LogP contribution >= 0.6 is 0 Å². The van der Waals surface area contributed by atoms with Crippen LogP contribution in [0.25, 0.3) is 6.08 Å². The molecule has 0 saturated heterocycles. The third-order valence-electron chi connectivity index (χ3n) is 2.83. The standard InChI is InChI=1S/C16H11F3O2/c17-16(18,19)12-8-5-11(6-9-12)7-10-15(21)13-3-1-2-4-14(13)20/h1-10,20H/b10-7+. The summed E-state index contributed by atoms with van der Waals surface area (Å²) in [5.41, 5.74) is -0.140. The van der Waals surface area contributed by atoms with Gasteiger partial charge in [0.05, 0.1) is 11.1 Å². The summed E-state index contributed by atoms with van der Waals surface area (Å²) in [6.45, 7) is 0. The Bertz CT molecular complexity index is 671. The molecule has 0 heterocycles. The predicted molar refractivity (Wildman–Crippen MR) is 72.9 cm³/mol. The lowest BCUT2D eigenvalue weighted by atomic mass is 10.1. The molecule has 0 amide bonds. The van der Waals surface area contributed by atoms with Gasteiger partial charge in [0.25, 0.3) is 0 Å². The fourth-order valence-electron chi connectivity index (χ4n) is 1.73. The van der Waals surface area contributed by atoms with E-state index < -0.39 is 17.5 Å². The van der Waals surface area contributed by atoms with Gasteiger partial charge in [-0.15, -0.1) is 0 Å². The molecule has 0 unspecified atom stereocenters. The molecular formula is C16H11F3O2. The summed E-state index contributed by atoms with van der Waals surface area (Å²) in [6.07, 6.45) is -1.78. The quantitative estimate of drug-likeness (QED) is 0.676. The molecule has 1 N–H and O–H groups in total. The number of phenolic OH excluding ortho intramolecular Hbond substituents is 1. The van der Waals surface area contributed by atoms with Gasteiger partial charge in [0, 0.05) is 0 Å². The SMILES string of the molecule is O=C(/C=C/c1ccc(C(F)(F)F)cc1)c1ccccc1O. The molecule has 2 aromatic carbocycles. The fourth-order valence-corrected chi connectivity index (χ4v) is 1.73. The minimum Gasteiger partial charge on any atom is -0.507 e. The number of ketones is 1. The monoisotopic (exact) mass is 292 g/mol. The van der Waals surface area contributed by atoms with E-state index in [0.717, 1.165) is 12.1 Å². The van der Waals surface area contributed by atoms with Crippen LogP contribution in [0.5, 0.6) is 5.75 Å². The minimum atomic E-state index is -4.38. The van der Waals surface area contributed by atoms with Crippen molar-refractivity contribution >= 4 is 11.9 Å². The summed E-state index contributed by atoms with van der Waals surface area (Å²) in [4.78, 5) is 11.8. The zero-order valence-electron chi connectivity index (χ0n) is 10.8. The van der Waals surface area contributed by atoms with E-state index in [2.05, 4.69) is 0 Å². The van der Waals surface area contributed by atoms with E-state index in [1.165, 1.54) is 36.4 Å². The highest BCUT2D eigenvalue weighted by atomic mass is 19.4. The second-order valence-corrected chi connectivity index (χ2v) is 4.33. The molecule has 0 saturated carbocycles. The highest BCUT2D eigenvalue weighted by Crippen LogP contribution is 2.29. The molecule has 5 heteroatoms. The van der Waals surface area contributed by atoms with Gasteiger partial charge in [-0.25, -0.2) is 0 Å². The van der Waals surface area contributed by atoms with Crippen molar-refractivity contribution in [3.05, 3.63) is 71.3 Å². The number of rotatable bonds is 3. The molecule has 0 fully saturated rings. The Kier molecular flexibility index (Phi) is 4.12. The van der Waals surface area contributed by atoms with Crippen LogP contribution in [0, 0.1) is 0 Å². The number of benzene rings is 2. The van der Waals surface area contributed by atoms with E-state index in [1.807, 2.05) is 0 Å². The summed E-state index contributed by atoms with van der Waals surface area (Å²) in [6, 6.07) is 10.5. The van der Waals surface area contributed by atoms with Crippen molar-refractivity contribution in [3.63, 3.8) is 0 Å². The fraction of sp³-hybridized carbons (Fsp3) is 0.0625. The third kappa shape index (κ3) is 3.72. The van der Waals surface area contributed by atoms with Crippen molar-refractivity contribution in [3.8, 4) is 5.75 Å². The second kappa shape index (κ2) is 5.83. The highest BCUT2D eigenvalue weighted by Gasteiger charge is 2.29. The zero-order chi connectivity index (χ0) is 15.5. The lowest BCUT2D eigenvalue weighted by Crippen LogP contribution is -2.04. The number of aromatic hydroxyl groups is 1. The Morgan fingerprint density at radius 3 is 2.19 bits per heavy atom. The van der Waals surface area contributed by atoms with Crippen molar-refractivity contribution in [2.45, 2.75) is 6.18 Å². The summed E-state index contributed by atoms with van der Waals surface area (Å²) < 4.78 is 37.2. The van der Waals surface area contributed by atoms with E-state index in [0.29, 0.717) is 5.56 Å². The average molecular weight is 292 g/mol. The van der Waals surface area contributed by atoms with Gasteiger partial charge >= 0.3 is 6.18 Å². The zero-order valence-corrected chi connectivity index (χ0v) is 10.8. The molecule has 0 aliphatic rings. The molecule has 0 aliphatic carbocycles. The molecule has 0 radical (unpaired) electrons. The number of phenols is 1.